The van der Waals surface area contributed by atoms with Crippen LogP contribution in [0.5, 0.6) is 0 Å². The van der Waals surface area contributed by atoms with Gasteiger partial charge < -0.3 is 20.3 Å². The summed E-state index contributed by atoms with van der Waals surface area (Å²) >= 11 is 0. The lowest BCUT2D eigenvalue weighted by Gasteiger charge is -2.21. The number of aromatic nitrogens is 2. The molecule has 136 valence electrons. The first-order chi connectivity index (χ1) is 11.7. The minimum absolute atomic E-state index is 0.133. The molecule has 1 amide bonds. The number of aryl methyl sites for hydroxylation is 1. The Labute approximate surface area is 147 Å². The molecule has 0 aliphatic carbocycles. The van der Waals surface area contributed by atoms with Crippen molar-refractivity contribution in [1.82, 2.24) is 15.1 Å². The van der Waals surface area contributed by atoms with E-state index in [0.717, 1.165) is 11.3 Å². The molecular weight excluding hydrogens is 322 g/mol. The molecule has 2 aromatic rings. The zero-order valence-corrected chi connectivity index (χ0v) is 14.9. The highest BCUT2D eigenvalue weighted by molar-refractivity contribution is 5.67. The molecule has 0 saturated heterocycles. The molecule has 0 radical (unpaired) electrons. The van der Waals surface area contributed by atoms with E-state index in [9.17, 15) is 15.0 Å². The van der Waals surface area contributed by atoms with Gasteiger partial charge in [0.2, 0.25) is 0 Å². The number of amides is 1. The normalized spacial score (nSPS) is 14.0. The van der Waals surface area contributed by atoms with Gasteiger partial charge in [-0.05, 0) is 39.3 Å². The predicted octanol–water partition coefficient (Wildman–Crippen LogP) is 2.10. The van der Waals surface area contributed by atoms with Crippen molar-refractivity contribution >= 4 is 6.09 Å². The molecule has 1 aromatic carbocycles. The van der Waals surface area contributed by atoms with Crippen LogP contribution in [0.2, 0.25) is 0 Å². The van der Waals surface area contributed by atoms with E-state index in [2.05, 4.69) is 10.4 Å². The van der Waals surface area contributed by atoms with Crippen LogP contribution in [0.4, 0.5) is 4.79 Å². The number of hydrogen-bond acceptors (Lipinski definition) is 5. The summed E-state index contributed by atoms with van der Waals surface area (Å²) in [6, 6.07) is 7.72. The number of nitrogens with zero attached hydrogens (tertiary/aromatic N) is 2. The largest absolute Gasteiger partial charge is 0.444 e. The third-order valence-electron chi connectivity index (χ3n) is 3.53. The lowest BCUT2D eigenvalue weighted by Crippen LogP contribution is -2.38. The first-order valence-corrected chi connectivity index (χ1v) is 8.11. The average molecular weight is 347 g/mol. The van der Waals surface area contributed by atoms with Crippen molar-refractivity contribution < 1.29 is 19.7 Å². The lowest BCUT2D eigenvalue weighted by molar-refractivity contribution is 0.0129. The highest BCUT2D eigenvalue weighted by atomic mass is 16.6. The Hall–Kier alpha value is -2.38. The second-order valence-corrected chi connectivity index (χ2v) is 6.90. The second kappa shape index (κ2) is 7.67. The van der Waals surface area contributed by atoms with Crippen molar-refractivity contribution in [3.63, 3.8) is 0 Å². The Kier molecular flexibility index (Phi) is 5.81. The average Bonchev–Trinajstić information content (AvgIpc) is 3.00. The fourth-order valence-corrected chi connectivity index (χ4v) is 2.28. The number of aliphatic hydroxyl groups excluding tert-OH is 2. The summed E-state index contributed by atoms with van der Waals surface area (Å²) in [6.07, 6.45) is 0.154. The summed E-state index contributed by atoms with van der Waals surface area (Å²) in [5.41, 5.74) is 1.77. The minimum atomic E-state index is -1.18. The van der Waals surface area contributed by atoms with Gasteiger partial charge >= 0.3 is 6.09 Å². The van der Waals surface area contributed by atoms with Crippen molar-refractivity contribution in [2.24, 2.45) is 0 Å². The van der Waals surface area contributed by atoms with Gasteiger partial charge in [0.05, 0.1) is 11.9 Å². The molecule has 0 spiro atoms. The van der Waals surface area contributed by atoms with Crippen LogP contribution in [0.3, 0.4) is 0 Å². The Balaban J connectivity index is 1.98. The van der Waals surface area contributed by atoms with Crippen LogP contribution in [0.1, 0.15) is 38.0 Å². The van der Waals surface area contributed by atoms with E-state index in [1.807, 2.05) is 31.2 Å². The molecule has 1 heterocycles. The van der Waals surface area contributed by atoms with Crippen LogP contribution in [-0.2, 0) is 4.74 Å². The maximum absolute atomic E-state index is 11.6. The van der Waals surface area contributed by atoms with Crippen LogP contribution in [-0.4, -0.2) is 44.3 Å². The van der Waals surface area contributed by atoms with Crippen molar-refractivity contribution in [3.05, 3.63) is 47.8 Å². The molecule has 1 aromatic heterocycles. The van der Waals surface area contributed by atoms with Gasteiger partial charge in [0.25, 0.3) is 0 Å². The van der Waals surface area contributed by atoms with Crippen LogP contribution >= 0.6 is 0 Å². The molecule has 3 N–H and O–H groups in total. The highest BCUT2D eigenvalue weighted by Crippen LogP contribution is 2.19. The number of aliphatic hydroxyl groups is 2. The molecule has 2 rings (SSSR count). The van der Waals surface area contributed by atoms with E-state index in [0.29, 0.717) is 5.56 Å². The first-order valence-electron chi connectivity index (χ1n) is 8.11. The van der Waals surface area contributed by atoms with E-state index < -0.39 is 23.9 Å². The number of rotatable bonds is 5. The van der Waals surface area contributed by atoms with Crippen molar-refractivity contribution in [2.75, 3.05) is 6.54 Å². The Morgan fingerprint density at radius 2 is 2.00 bits per heavy atom. The SMILES string of the molecule is Cc1ccccc1-n1cc(C(O)C(O)CNC(=O)OC(C)(C)C)cn1. The number of benzene rings is 1. The third-order valence-corrected chi connectivity index (χ3v) is 3.53. The van der Waals surface area contributed by atoms with E-state index in [4.69, 9.17) is 4.74 Å². The van der Waals surface area contributed by atoms with E-state index in [1.165, 1.54) is 6.20 Å². The molecule has 2 atom stereocenters. The van der Waals surface area contributed by atoms with Crippen molar-refractivity contribution in [2.45, 2.75) is 45.5 Å². The molecular formula is C18H25N3O4. The quantitative estimate of drug-likeness (QED) is 0.770. The fraction of sp³-hybridized carbons (Fsp3) is 0.444. The van der Waals surface area contributed by atoms with Gasteiger partial charge in [-0.25, -0.2) is 9.48 Å². The second-order valence-electron chi connectivity index (χ2n) is 6.90. The first kappa shape index (κ1) is 19.0. The standard InChI is InChI=1S/C18H25N3O4/c1-12-7-5-6-8-14(12)21-11-13(9-20-21)16(23)15(22)10-19-17(24)25-18(2,3)4/h5-9,11,15-16,22-23H,10H2,1-4H3,(H,19,24). The molecule has 0 bridgehead atoms. The van der Waals surface area contributed by atoms with Gasteiger partial charge in [-0.3, -0.25) is 0 Å². The maximum Gasteiger partial charge on any atom is 0.407 e. The van der Waals surface area contributed by atoms with E-state index in [-0.39, 0.29) is 6.54 Å². The molecule has 0 fully saturated rings. The number of hydrogen-bond donors (Lipinski definition) is 3. The highest BCUT2D eigenvalue weighted by Gasteiger charge is 2.22. The van der Waals surface area contributed by atoms with E-state index >= 15 is 0 Å². The van der Waals surface area contributed by atoms with E-state index in [1.54, 1.807) is 31.6 Å². The molecule has 25 heavy (non-hydrogen) atoms. The van der Waals surface area contributed by atoms with Gasteiger partial charge in [-0.2, -0.15) is 5.10 Å². The minimum Gasteiger partial charge on any atom is -0.444 e. The van der Waals surface area contributed by atoms with Gasteiger partial charge in [0.15, 0.2) is 0 Å². The van der Waals surface area contributed by atoms with Crippen LogP contribution in [0.15, 0.2) is 36.7 Å². The third kappa shape index (κ3) is 5.30. The smallest absolute Gasteiger partial charge is 0.407 e. The topological polar surface area (TPSA) is 96.6 Å². The fourth-order valence-electron chi connectivity index (χ4n) is 2.28. The van der Waals surface area contributed by atoms with Crippen LogP contribution in [0.25, 0.3) is 5.69 Å². The number of ether oxygens (including phenoxy) is 1. The lowest BCUT2D eigenvalue weighted by atomic mass is 10.1. The summed E-state index contributed by atoms with van der Waals surface area (Å²) in [5, 5.41) is 27.0. The number of alkyl carbamates (subject to hydrolysis) is 1. The van der Waals surface area contributed by atoms with Gasteiger partial charge in [0, 0.05) is 18.3 Å². The Morgan fingerprint density at radius 1 is 1.32 bits per heavy atom. The number of carbonyl (C=O) groups is 1. The molecule has 7 heteroatoms. The monoisotopic (exact) mass is 347 g/mol. The molecule has 0 aliphatic rings. The molecule has 0 saturated carbocycles. The van der Waals surface area contributed by atoms with Gasteiger partial charge in [-0.1, -0.05) is 18.2 Å². The number of para-hydroxylation sites is 1. The summed E-state index contributed by atoms with van der Waals surface area (Å²) in [5.74, 6) is 0. The summed E-state index contributed by atoms with van der Waals surface area (Å²) in [7, 11) is 0. The summed E-state index contributed by atoms with van der Waals surface area (Å²) in [6.45, 7) is 7.08. The van der Waals surface area contributed by atoms with Gasteiger partial charge in [-0.15, -0.1) is 0 Å². The van der Waals surface area contributed by atoms with Crippen molar-refractivity contribution in [3.8, 4) is 5.69 Å². The molecule has 2 unspecified atom stereocenters. The zero-order valence-electron chi connectivity index (χ0n) is 14.9. The van der Waals surface area contributed by atoms with Gasteiger partial charge in [0.1, 0.15) is 17.8 Å². The predicted molar refractivity (Wildman–Crippen MR) is 93.5 cm³/mol. The number of carbonyl (C=O) groups excluding carboxylic acids is 1. The maximum atomic E-state index is 11.6. The number of nitrogens with one attached hydrogen (secondary N) is 1. The summed E-state index contributed by atoms with van der Waals surface area (Å²) in [4.78, 5) is 11.6. The van der Waals surface area contributed by atoms with Crippen molar-refractivity contribution in [1.29, 1.82) is 0 Å². The Bertz CT molecular complexity index is 721. The molecule has 0 aliphatic heterocycles. The zero-order chi connectivity index (χ0) is 18.6. The summed E-state index contributed by atoms with van der Waals surface area (Å²) < 4.78 is 6.73. The molecule has 7 nitrogen and oxygen atoms in total. The Morgan fingerprint density at radius 3 is 2.64 bits per heavy atom. The van der Waals surface area contributed by atoms with Crippen LogP contribution < -0.4 is 5.32 Å². The van der Waals surface area contributed by atoms with Crippen LogP contribution in [0, 0.1) is 6.92 Å².